The van der Waals surface area contributed by atoms with E-state index in [9.17, 15) is 13.2 Å². The maximum absolute atomic E-state index is 12.6. The molecule has 0 bridgehead atoms. The number of alkyl halides is 3. The van der Waals surface area contributed by atoms with Gasteiger partial charge in [0, 0.05) is 10.0 Å². The molecule has 0 radical (unpaired) electrons. The molecule has 1 unspecified atom stereocenters. The molecule has 0 spiro atoms. The van der Waals surface area contributed by atoms with Crippen LogP contribution in [0.3, 0.4) is 0 Å². The lowest BCUT2D eigenvalue weighted by molar-refractivity contribution is -0.137. The van der Waals surface area contributed by atoms with E-state index in [1.54, 1.807) is 25.2 Å². The second-order valence-electron chi connectivity index (χ2n) is 4.54. The molecule has 0 saturated carbocycles. The number of nitrogens with one attached hydrogen (secondary N) is 1. The highest BCUT2D eigenvalue weighted by atomic mass is 35.5. The Bertz CT molecular complexity index is 604. The fourth-order valence-electron chi connectivity index (χ4n) is 2.13. The molecular formula is C15H12Cl2F3N. The zero-order valence-electron chi connectivity index (χ0n) is 11.0. The first-order valence-corrected chi connectivity index (χ1v) is 6.87. The Morgan fingerprint density at radius 3 is 1.86 bits per heavy atom. The molecule has 112 valence electrons. The van der Waals surface area contributed by atoms with Crippen molar-refractivity contribution in [1.82, 2.24) is 5.32 Å². The molecule has 0 fully saturated rings. The van der Waals surface area contributed by atoms with Crippen LogP contribution in [0.1, 0.15) is 22.7 Å². The second kappa shape index (κ2) is 6.26. The van der Waals surface area contributed by atoms with Gasteiger partial charge in [-0.25, -0.2) is 0 Å². The molecule has 0 heterocycles. The number of hydrogen-bond acceptors (Lipinski definition) is 1. The third kappa shape index (κ3) is 3.90. The lowest BCUT2D eigenvalue weighted by Crippen LogP contribution is -2.18. The Morgan fingerprint density at radius 1 is 0.905 bits per heavy atom. The highest BCUT2D eigenvalue weighted by Crippen LogP contribution is 2.32. The number of benzene rings is 2. The lowest BCUT2D eigenvalue weighted by atomic mass is 9.98. The Kier molecular flexibility index (Phi) is 4.81. The van der Waals surface area contributed by atoms with Crippen LogP contribution in [0.25, 0.3) is 0 Å². The molecule has 0 saturated heterocycles. The molecule has 2 aromatic rings. The van der Waals surface area contributed by atoms with Gasteiger partial charge in [0.2, 0.25) is 0 Å². The first-order chi connectivity index (χ1) is 9.81. The van der Waals surface area contributed by atoms with E-state index in [1.165, 1.54) is 12.1 Å². The summed E-state index contributed by atoms with van der Waals surface area (Å²) in [6.07, 6.45) is -4.34. The summed E-state index contributed by atoms with van der Waals surface area (Å²) in [5.74, 6) is 0. The number of hydrogen-bond donors (Lipinski definition) is 1. The highest BCUT2D eigenvalue weighted by Gasteiger charge is 2.30. The van der Waals surface area contributed by atoms with E-state index in [0.717, 1.165) is 17.7 Å². The zero-order chi connectivity index (χ0) is 15.6. The average Bonchev–Trinajstić information content (AvgIpc) is 2.38. The van der Waals surface area contributed by atoms with Crippen LogP contribution in [0.4, 0.5) is 13.2 Å². The smallest absolute Gasteiger partial charge is 0.309 e. The van der Waals surface area contributed by atoms with Crippen molar-refractivity contribution in [3.63, 3.8) is 0 Å². The molecule has 0 aliphatic carbocycles. The fraction of sp³-hybridized carbons (Fsp3) is 0.200. The van der Waals surface area contributed by atoms with Crippen LogP contribution in [0.15, 0.2) is 42.5 Å². The Morgan fingerprint density at radius 2 is 1.43 bits per heavy atom. The van der Waals surface area contributed by atoms with Crippen molar-refractivity contribution in [2.45, 2.75) is 12.2 Å². The van der Waals surface area contributed by atoms with Crippen molar-refractivity contribution in [3.8, 4) is 0 Å². The van der Waals surface area contributed by atoms with Gasteiger partial charge in [-0.3, -0.25) is 0 Å². The fourth-order valence-corrected chi connectivity index (χ4v) is 2.68. The van der Waals surface area contributed by atoms with E-state index in [1.807, 2.05) is 0 Å². The quantitative estimate of drug-likeness (QED) is 0.801. The molecule has 1 nitrogen and oxygen atoms in total. The molecule has 0 aliphatic rings. The maximum atomic E-state index is 12.6. The summed E-state index contributed by atoms with van der Waals surface area (Å²) < 4.78 is 37.7. The Hall–Kier alpha value is -1.23. The van der Waals surface area contributed by atoms with Crippen LogP contribution >= 0.6 is 23.2 Å². The normalized spacial score (nSPS) is 13.2. The lowest BCUT2D eigenvalue weighted by Gasteiger charge is -2.18. The van der Waals surface area contributed by atoms with Crippen molar-refractivity contribution in [1.29, 1.82) is 0 Å². The molecule has 2 rings (SSSR count). The van der Waals surface area contributed by atoms with Crippen molar-refractivity contribution < 1.29 is 13.2 Å². The zero-order valence-corrected chi connectivity index (χ0v) is 12.5. The van der Waals surface area contributed by atoms with Gasteiger partial charge in [-0.15, -0.1) is 0 Å². The van der Waals surface area contributed by atoms with Gasteiger partial charge in [-0.05, 0) is 48.5 Å². The number of rotatable bonds is 3. The minimum Gasteiger partial charge on any atom is -0.309 e. The van der Waals surface area contributed by atoms with Crippen molar-refractivity contribution >= 4 is 23.2 Å². The standard InChI is InChI=1S/C15H12Cl2F3N/c1-21-14(10-6-12(16)8-13(17)7-10)9-2-4-11(5-3-9)15(18,19)20/h2-8,14,21H,1H3. The molecule has 6 heteroatoms. The third-order valence-corrected chi connectivity index (χ3v) is 3.51. The van der Waals surface area contributed by atoms with Crippen LogP contribution in [0, 0.1) is 0 Å². The molecule has 0 aliphatic heterocycles. The van der Waals surface area contributed by atoms with Crippen molar-refractivity contribution in [3.05, 3.63) is 69.2 Å². The average molecular weight is 334 g/mol. The van der Waals surface area contributed by atoms with Crippen LogP contribution in [0.5, 0.6) is 0 Å². The van der Waals surface area contributed by atoms with Gasteiger partial charge in [0.25, 0.3) is 0 Å². The molecule has 0 aromatic heterocycles. The van der Waals surface area contributed by atoms with Crippen molar-refractivity contribution in [2.75, 3.05) is 7.05 Å². The van der Waals surface area contributed by atoms with E-state index < -0.39 is 11.7 Å². The van der Waals surface area contributed by atoms with Gasteiger partial charge in [-0.1, -0.05) is 35.3 Å². The van der Waals surface area contributed by atoms with Gasteiger partial charge in [-0.2, -0.15) is 13.2 Å². The second-order valence-corrected chi connectivity index (χ2v) is 5.42. The summed E-state index contributed by atoms with van der Waals surface area (Å²) in [6.45, 7) is 0. The third-order valence-electron chi connectivity index (χ3n) is 3.08. The Labute approximate surface area is 130 Å². The SMILES string of the molecule is CNC(c1ccc(C(F)(F)F)cc1)c1cc(Cl)cc(Cl)c1. The minimum atomic E-state index is -4.34. The number of halogens is 5. The molecule has 1 N–H and O–H groups in total. The molecule has 0 amide bonds. The van der Waals surface area contributed by atoms with E-state index in [4.69, 9.17) is 23.2 Å². The van der Waals surface area contributed by atoms with Crippen LogP contribution < -0.4 is 5.32 Å². The summed E-state index contributed by atoms with van der Waals surface area (Å²) >= 11 is 11.9. The Balaban J connectivity index is 2.37. The summed E-state index contributed by atoms with van der Waals surface area (Å²) in [5, 5.41) is 4.00. The first kappa shape index (κ1) is 16.1. The van der Waals surface area contributed by atoms with Gasteiger partial charge in [0.15, 0.2) is 0 Å². The summed E-state index contributed by atoms with van der Waals surface area (Å²) in [6, 6.07) is 9.78. The van der Waals surface area contributed by atoms with Crippen LogP contribution in [-0.2, 0) is 6.18 Å². The van der Waals surface area contributed by atoms with E-state index in [2.05, 4.69) is 5.32 Å². The van der Waals surface area contributed by atoms with E-state index in [0.29, 0.717) is 15.6 Å². The van der Waals surface area contributed by atoms with Crippen molar-refractivity contribution in [2.24, 2.45) is 0 Å². The van der Waals surface area contributed by atoms with Crippen LogP contribution in [0.2, 0.25) is 10.0 Å². The summed E-state index contributed by atoms with van der Waals surface area (Å²) in [7, 11) is 1.72. The predicted octanol–water partition coefficient (Wildman–Crippen LogP) is 5.32. The maximum Gasteiger partial charge on any atom is 0.416 e. The largest absolute Gasteiger partial charge is 0.416 e. The molecular weight excluding hydrogens is 322 g/mol. The molecule has 1 atom stereocenters. The topological polar surface area (TPSA) is 12.0 Å². The van der Waals surface area contributed by atoms with Gasteiger partial charge in [0.05, 0.1) is 11.6 Å². The van der Waals surface area contributed by atoms with E-state index >= 15 is 0 Å². The van der Waals surface area contributed by atoms with E-state index in [-0.39, 0.29) is 6.04 Å². The highest BCUT2D eigenvalue weighted by molar-refractivity contribution is 6.34. The molecule has 2 aromatic carbocycles. The molecule has 21 heavy (non-hydrogen) atoms. The van der Waals surface area contributed by atoms with Gasteiger partial charge < -0.3 is 5.32 Å². The van der Waals surface area contributed by atoms with Crippen LogP contribution in [-0.4, -0.2) is 7.05 Å². The first-order valence-electron chi connectivity index (χ1n) is 6.11. The summed E-state index contributed by atoms with van der Waals surface area (Å²) in [4.78, 5) is 0. The summed E-state index contributed by atoms with van der Waals surface area (Å²) in [5.41, 5.74) is 0.809. The monoisotopic (exact) mass is 333 g/mol. The van der Waals surface area contributed by atoms with Gasteiger partial charge in [0.1, 0.15) is 0 Å². The minimum absolute atomic E-state index is 0.288. The predicted molar refractivity (Wildman–Crippen MR) is 78.8 cm³/mol. The van der Waals surface area contributed by atoms with Gasteiger partial charge >= 0.3 is 6.18 Å².